The first kappa shape index (κ1) is 15.5. The second kappa shape index (κ2) is 5.85. The highest BCUT2D eigenvalue weighted by Gasteiger charge is 2.46. The summed E-state index contributed by atoms with van der Waals surface area (Å²) in [7, 11) is -0.254. The zero-order valence-electron chi connectivity index (χ0n) is 12.5. The summed E-state index contributed by atoms with van der Waals surface area (Å²) >= 11 is 0. The molecule has 112 valence electrons. The van der Waals surface area contributed by atoms with Crippen LogP contribution in [-0.2, 0) is 0 Å². The number of aliphatic hydroxyl groups is 1. The number of benzene rings is 1. The number of para-hydroxylation sites is 1. The SMILES string of the molecule is COc1ccccc1[Si](C)(C)[C@@H]1[C@@H](N)[C@@H](O)CC[C@H]1N. The van der Waals surface area contributed by atoms with Gasteiger partial charge >= 0.3 is 0 Å². The van der Waals surface area contributed by atoms with Crippen LogP contribution < -0.4 is 21.4 Å². The van der Waals surface area contributed by atoms with Crippen LogP contribution in [0.3, 0.4) is 0 Å². The monoisotopic (exact) mass is 294 g/mol. The predicted octanol–water partition coefficient (Wildman–Crippen LogP) is 0.790. The zero-order valence-corrected chi connectivity index (χ0v) is 13.5. The summed E-state index contributed by atoms with van der Waals surface area (Å²) < 4.78 is 5.51. The van der Waals surface area contributed by atoms with Crippen LogP contribution in [0.1, 0.15) is 12.8 Å². The van der Waals surface area contributed by atoms with E-state index < -0.39 is 14.2 Å². The Kier molecular flexibility index (Phi) is 4.54. The van der Waals surface area contributed by atoms with E-state index in [1.165, 1.54) is 5.19 Å². The van der Waals surface area contributed by atoms with Crippen LogP contribution in [0.2, 0.25) is 18.6 Å². The zero-order chi connectivity index (χ0) is 14.9. The second-order valence-electron chi connectivity index (χ2n) is 6.33. The average Bonchev–Trinajstić information content (AvgIpc) is 2.43. The summed E-state index contributed by atoms with van der Waals surface area (Å²) in [5.41, 5.74) is 12.8. The Balaban J connectivity index is 2.42. The molecule has 0 aliphatic heterocycles. The van der Waals surface area contributed by atoms with E-state index >= 15 is 0 Å². The molecule has 0 unspecified atom stereocenters. The summed E-state index contributed by atoms with van der Waals surface area (Å²) in [6.07, 6.45) is 1.10. The molecule has 20 heavy (non-hydrogen) atoms. The van der Waals surface area contributed by atoms with Crippen LogP contribution in [-0.4, -0.2) is 38.5 Å². The van der Waals surface area contributed by atoms with E-state index in [4.69, 9.17) is 16.2 Å². The summed E-state index contributed by atoms with van der Waals surface area (Å²) in [5.74, 6) is 0.906. The third-order valence-electron chi connectivity index (χ3n) is 4.75. The number of hydrogen-bond donors (Lipinski definition) is 3. The lowest BCUT2D eigenvalue weighted by Gasteiger charge is -2.45. The van der Waals surface area contributed by atoms with Crippen molar-refractivity contribution >= 4 is 13.3 Å². The van der Waals surface area contributed by atoms with Crippen molar-refractivity contribution in [3.63, 3.8) is 0 Å². The summed E-state index contributed by atoms with van der Waals surface area (Å²) in [5, 5.41) is 11.3. The Morgan fingerprint density at radius 3 is 2.50 bits per heavy atom. The lowest BCUT2D eigenvalue weighted by atomic mass is 9.89. The molecule has 5 heteroatoms. The summed E-state index contributed by atoms with van der Waals surface area (Å²) in [4.78, 5) is 0. The third-order valence-corrected chi connectivity index (χ3v) is 9.03. The van der Waals surface area contributed by atoms with Gasteiger partial charge in [-0.1, -0.05) is 31.3 Å². The van der Waals surface area contributed by atoms with E-state index in [1.54, 1.807) is 7.11 Å². The molecule has 0 heterocycles. The highest BCUT2D eigenvalue weighted by atomic mass is 28.3. The first-order chi connectivity index (χ1) is 9.39. The Labute approximate surface area is 122 Å². The van der Waals surface area contributed by atoms with E-state index in [0.29, 0.717) is 6.42 Å². The van der Waals surface area contributed by atoms with Crippen LogP contribution in [0.15, 0.2) is 24.3 Å². The first-order valence-corrected chi connectivity index (χ1v) is 10.3. The van der Waals surface area contributed by atoms with Crippen molar-refractivity contribution < 1.29 is 9.84 Å². The fourth-order valence-corrected chi connectivity index (χ4v) is 7.76. The number of methoxy groups -OCH3 is 1. The van der Waals surface area contributed by atoms with E-state index in [-0.39, 0.29) is 17.6 Å². The van der Waals surface area contributed by atoms with Gasteiger partial charge in [0.2, 0.25) is 0 Å². The number of nitrogens with two attached hydrogens (primary N) is 2. The highest BCUT2D eigenvalue weighted by Crippen LogP contribution is 2.36. The fraction of sp³-hybridized carbons (Fsp3) is 0.600. The molecule has 0 saturated heterocycles. The van der Waals surface area contributed by atoms with Crippen molar-refractivity contribution in [2.24, 2.45) is 11.5 Å². The predicted molar refractivity (Wildman–Crippen MR) is 85.1 cm³/mol. The van der Waals surface area contributed by atoms with Gasteiger partial charge in [0.05, 0.1) is 21.3 Å². The number of rotatable bonds is 3. The minimum absolute atomic E-state index is 0.0555. The average molecular weight is 294 g/mol. The minimum Gasteiger partial charge on any atom is -0.497 e. The molecule has 1 saturated carbocycles. The molecule has 0 spiro atoms. The lowest BCUT2D eigenvalue weighted by molar-refractivity contribution is 0.100. The molecule has 1 fully saturated rings. The van der Waals surface area contributed by atoms with Crippen LogP contribution in [0.5, 0.6) is 5.75 Å². The Morgan fingerprint density at radius 1 is 1.20 bits per heavy atom. The van der Waals surface area contributed by atoms with Gasteiger partial charge in [0.15, 0.2) is 0 Å². The second-order valence-corrected chi connectivity index (χ2v) is 11.0. The molecule has 0 bridgehead atoms. The normalized spacial score (nSPS) is 31.1. The van der Waals surface area contributed by atoms with Crippen molar-refractivity contribution in [3.05, 3.63) is 24.3 Å². The molecule has 1 aliphatic rings. The van der Waals surface area contributed by atoms with Gasteiger partial charge in [-0.15, -0.1) is 0 Å². The summed E-state index contributed by atoms with van der Waals surface area (Å²) in [6.45, 7) is 4.54. The maximum atomic E-state index is 10.1. The van der Waals surface area contributed by atoms with Gasteiger partial charge in [-0.05, 0) is 29.6 Å². The molecule has 1 aromatic rings. The van der Waals surface area contributed by atoms with Gasteiger partial charge in [-0.25, -0.2) is 0 Å². The first-order valence-electron chi connectivity index (χ1n) is 7.22. The standard InChI is InChI=1S/C15H26N2O2Si/c1-19-12-6-4-5-7-13(12)20(2,3)15-10(16)8-9-11(18)14(15)17/h4-7,10-11,14-15,18H,8-9,16-17H2,1-3H3/t10-,11+,14+,15+/m1/s1. The number of aliphatic hydroxyl groups excluding tert-OH is 1. The van der Waals surface area contributed by atoms with Gasteiger partial charge in [-0.3, -0.25) is 0 Å². The third kappa shape index (κ3) is 2.63. The van der Waals surface area contributed by atoms with Crippen molar-refractivity contribution in [3.8, 4) is 5.75 Å². The maximum Gasteiger partial charge on any atom is 0.118 e. The number of ether oxygens (including phenoxy) is 1. The summed E-state index contributed by atoms with van der Waals surface area (Å²) in [6, 6.07) is 7.92. The quantitative estimate of drug-likeness (QED) is 0.720. The molecule has 0 amide bonds. The van der Waals surface area contributed by atoms with Gasteiger partial charge < -0.3 is 21.3 Å². The van der Waals surface area contributed by atoms with E-state index in [1.807, 2.05) is 18.2 Å². The van der Waals surface area contributed by atoms with E-state index in [9.17, 15) is 5.11 Å². The van der Waals surface area contributed by atoms with Crippen LogP contribution in [0, 0.1) is 0 Å². The fourth-order valence-electron chi connectivity index (χ4n) is 3.63. The molecule has 0 aromatic heterocycles. The topological polar surface area (TPSA) is 81.5 Å². The van der Waals surface area contributed by atoms with Gasteiger partial charge in [0.1, 0.15) is 5.75 Å². The highest BCUT2D eigenvalue weighted by molar-refractivity contribution is 6.91. The van der Waals surface area contributed by atoms with Crippen molar-refractivity contribution in [2.75, 3.05) is 7.11 Å². The number of hydrogen-bond acceptors (Lipinski definition) is 4. The molecule has 1 aliphatic carbocycles. The van der Waals surface area contributed by atoms with Crippen molar-refractivity contribution in [2.45, 2.75) is 49.7 Å². The largest absolute Gasteiger partial charge is 0.497 e. The molecule has 0 radical (unpaired) electrons. The van der Waals surface area contributed by atoms with Gasteiger partial charge in [0, 0.05) is 12.1 Å². The Bertz CT molecular complexity index is 467. The molecule has 4 nitrogen and oxygen atoms in total. The van der Waals surface area contributed by atoms with Crippen LogP contribution >= 0.6 is 0 Å². The van der Waals surface area contributed by atoms with E-state index in [2.05, 4.69) is 19.2 Å². The Hall–Kier alpha value is -0.883. The van der Waals surface area contributed by atoms with Crippen LogP contribution in [0.4, 0.5) is 0 Å². The van der Waals surface area contributed by atoms with Gasteiger partial charge in [0.25, 0.3) is 0 Å². The van der Waals surface area contributed by atoms with Crippen LogP contribution in [0.25, 0.3) is 0 Å². The molecule has 1 aromatic carbocycles. The minimum atomic E-state index is -1.95. The molecule has 4 atom stereocenters. The molecule has 2 rings (SSSR count). The van der Waals surface area contributed by atoms with Gasteiger partial charge in [-0.2, -0.15) is 0 Å². The lowest BCUT2D eigenvalue weighted by Crippen LogP contribution is -2.63. The van der Waals surface area contributed by atoms with Crippen molar-refractivity contribution in [1.29, 1.82) is 0 Å². The smallest absolute Gasteiger partial charge is 0.118 e. The molecular formula is C15H26N2O2Si. The molecule has 5 N–H and O–H groups in total. The Morgan fingerprint density at radius 2 is 1.85 bits per heavy atom. The van der Waals surface area contributed by atoms with Crippen molar-refractivity contribution in [1.82, 2.24) is 0 Å². The van der Waals surface area contributed by atoms with E-state index in [0.717, 1.165) is 12.2 Å². The molecular weight excluding hydrogens is 268 g/mol. The maximum absolute atomic E-state index is 10.1.